The van der Waals surface area contributed by atoms with E-state index in [2.05, 4.69) is 15.2 Å². The van der Waals surface area contributed by atoms with E-state index in [0.29, 0.717) is 24.0 Å². The summed E-state index contributed by atoms with van der Waals surface area (Å²) in [6.07, 6.45) is 2.42. The molecular formula is C15H20N4O2. The molecule has 1 aromatic carbocycles. The van der Waals surface area contributed by atoms with Crippen molar-refractivity contribution in [1.29, 1.82) is 0 Å². The number of aromatic nitrogens is 3. The second-order valence-corrected chi connectivity index (χ2v) is 6.02. The van der Waals surface area contributed by atoms with Gasteiger partial charge in [0.15, 0.2) is 0 Å². The van der Waals surface area contributed by atoms with Crippen LogP contribution in [0.5, 0.6) is 0 Å². The van der Waals surface area contributed by atoms with Crippen LogP contribution in [0.4, 0.5) is 0 Å². The van der Waals surface area contributed by atoms with Gasteiger partial charge in [-0.25, -0.2) is 0 Å². The van der Waals surface area contributed by atoms with Gasteiger partial charge in [0.1, 0.15) is 5.52 Å². The number of hydrogen-bond acceptors (Lipinski definition) is 5. The number of benzene rings is 1. The third-order valence-electron chi connectivity index (χ3n) is 4.12. The third kappa shape index (κ3) is 3.11. The molecule has 0 aliphatic carbocycles. The van der Waals surface area contributed by atoms with Crippen LogP contribution < -0.4 is 5.56 Å². The fourth-order valence-electron chi connectivity index (χ4n) is 2.77. The highest BCUT2D eigenvalue weighted by atomic mass is 16.3. The molecule has 1 atom stereocenters. The molecule has 0 spiro atoms. The van der Waals surface area contributed by atoms with Crippen LogP contribution >= 0.6 is 0 Å². The molecule has 1 unspecified atom stereocenters. The van der Waals surface area contributed by atoms with Gasteiger partial charge in [0, 0.05) is 6.54 Å². The minimum atomic E-state index is -0.602. The SMILES string of the molecule is CC1(O)CCCN(Cn2nnc3ccccc3c2=O)CC1. The lowest BCUT2D eigenvalue weighted by molar-refractivity contribution is 0.0432. The van der Waals surface area contributed by atoms with Crippen LogP contribution in [0.25, 0.3) is 10.9 Å². The first-order valence-electron chi connectivity index (χ1n) is 7.32. The topological polar surface area (TPSA) is 71.2 Å². The van der Waals surface area contributed by atoms with Crippen molar-refractivity contribution in [1.82, 2.24) is 19.9 Å². The number of aliphatic hydroxyl groups is 1. The molecule has 1 aliphatic rings. The van der Waals surface area contributed by atoms with Gasteiger partial charge in [0.05, 0.1) is 17.7 Å². The van der Waals surface area contributed by atoms with Crippen molar-refractivity contribution >= 4 is 10.9 Å². The zero-order valence-corrected chi connectivity index (χ0v) is 12.2. The Hall–Kier alpha value is -1.79. The van der Waals surface area contributed by atoms with E-state index in [4.69, 9.17) is 0 Å². The largest absolute Gasteiger partial charge is 0.390 e. The fourth-order valence-corrected chi connectivity index (χ4v) is 2.77. The smallest absolute Gasteiger partial charge is 0.278 e. The molecule has 1 N–H and O–H groups in total. The molecule has 1 aliphatic heterocycles. The van der Waals surface area contributed by atoms with Crippen molar-refractivity contribution in [3.05, 3.63) is 34.6 Å². The Bertz CT molecular complexity index is 695. The molecule has 6 nitrogen and oxygen atoms in total. The Morgan fingerprint density at radius 2 is 2.10 bits per heavy atom. The third-order valence-corrected chi connectivity index (χ3v) is 4.12. The van der Waals surface area contributed by atoms with Crippen LogP contribution in [0.3, 0.4) is 0 Å². The molecule has 0 amide bonds. The van der Waals surface area contributed by atoms with Crippen LogP contribution in [0.2, 0.25) is 0 Å². The molecule has 6 heteroatoms. The summed E-state index contributed by atoms with van der Waals surface area (Å²) in [5, 5.41) is 18.8. The van der Waals surface area contributed by atoms with Crippen molar-refractivity contribution in [2.24, 2.45) is 0 Å². The van der Waals surface area contributed by atoms with E-state index < -0.39 is 5.60 Å². The van der Waals surface area contributed by atoms with Crippen molar-refractivity contribution in [2.45, 2.75) is 38.5 Å². The summed E-state index contributed by atoms with van der Waals surface area (Å²) in [6, 6.07) is 7.24. The lowest BCUT2D eigenvalue weighted by Crippen LogP contribution is -2.35. The summed E-state index contributed by atoms with van der Waals surface area (Å²) in [5.74, 6) is 0. The number of nitrogens with zero attached hydrogens (tertiary/aromatic N) is 4. The first-order chi connectivity index (χ1) is 10.1. The van der Waals surface area contributed by atoms with Gasteiger partial charge >= 0.3 is 0 Å². The summed E-state index contributed by atoms with van der Waals surface area (Å²) >= 11 is 0. The Kier molecular flexibility index (Phi) is 3.73. The molecule has 112 valence electrons. The molecule has 21 heavy (non-hydrogen) atoms. The Balaban J connectivity index is 1.82. The van der Waals surface area contributed by atoms with Crippen LogP contribution in [-0.4, -0.2) is 43.7 Å². The van der Waals surface area contributed by atoms with Crippen molar-refractivity contribution in [3.8, 4) is 0 Å². The Labute approximate surface area is 123 Å². The van der Waals surface area contributed by atoms with Crippen LogP contribution in [0.15, 0.2) is 29.1 Å². The molecular weight excluding hydrogens is 268 g/mol. The summed E-state index contributed by atoms with van der Waals surface area (Å²) in [6.45, 7) is 3.91. The summed E-state index contributed by atoms with van der Waals surface area (Å²) in [5.41, 5.74) is -0.0939. The molecule has 3 rings (SSSR count). The highest BCUT2D eigenvalue weighted by molar-refractivity contribution is 5.76. The molecule has 0 radical (unpaired) electrons. The maximum absolute atomic E-state index is 12.4. The fraction of sp³-hybridized carbons (Fsp3) is 0.533. The van der Waals surface area contributed by atoms with Crippen LogP contribution in [0.1, 0.15) is 26.2 Å². The Morgan fingerprint density at radius 1 is 1.29 bits per heavy atom. The molecule has 2 aromatic rings. The van der Waals surface area contributed by atoms with Crippen molar-refractivity contribution in [2.75, 3.05) is 13.1 Å². The van der Waals surface area contributed by atoms with Crippen molar-refractivity contribution < 1.29 is 5.11 Å². The Morgan fingerprint density at radius 3 is 2.95 bits per heavy atom. The maximum atomic E-state index is 12.4. The lowest BCUT2D eigenvalue weighted by atomic mass is 9.98. The van der Waals surface area contributed by atoms with E-state index in [0.717, 1.165) is 25.9 Å². The van der Waals surface area contributed by atoms with E-state index in [1.165, 1.54) is 4.68 Å². The van der Waals surface area contributed by atoms with Gasteiger partial charge in [-0.3, -0.25) is 9.69 Å². The first-order valence-corrected chi connectivity index (χ1v) is 7.32. The van der Waals surface area contributed by atoms with E-state index in [1.54, 1.807) is 12.1 Å². The van der Waals surface area contributed by atoms with E-state index in [9.17, 15) is 9.90 Å². The molecule has 1 aromatic heterocycles. The molecule has 0 saturated carbocycles. The van der Waals surface area contributed by atoms with Crippen molar-refractivity contribution in [3.63, 3.8) is 0 Å². The van der Waals surface area contributed by atoms with Gasteiger partial charge in [-0.2, -0.15) is 4.68 Å². The average Bonchev–Trinajstić information content (AvgIpc) is 2.63. The van der Waals surface area contributed by atoms with E-state index in [-0.39, 0.29) is 5.56 Å². The minimum absolute atomic E-state index is 0.114. The normalized spacial score (nSPS) is 24.1. The standard InChI is InChI=1S/C15H20N4O2/c1-15(21)7-4-9-18(10-8-15)11-19-14(20)12-5-2-3-6-13(12)16-17-19/h2-3,5-6,21H,4,7-11H2,1H3. The van der Waals surface area contributed by atoms with Gasteiger partial charge in [-0.1, -0.05) is 17.3 Å². The highest BCUT2D eigenvalue weighted by Crippen LogP contribution is 2.21. The maximum Gasteiger partial charge on any atom is 0.278 e. The number of likely N-dealkylation sites (tertiary alicyclic amines) is 1. The average molecular weight is 288 g/mol. The number of rotatable bonds is 2. The molecule has 2 heterocycles. The number of hydrogen-bond donors (Lipinski definition) is 1. The van der Waals surface area contributed by atoms with E-state index in [1.807, 2.05) is 19.1 Å². The first kappa shape index (κ1) is 14.2. The second kappa shape index (κ2) is 5.54. The quantitative estimate of drug-likeness (QED) is 0.892. The van der Waals surface area contributed by atoms with E-state index >= 15 is 0 Å². The number of fused-ring (bicyclic) bond motifs is 1. The predicted molar refractivity (Wildman–Crippen MR) is 79.8 cm³/mol. The molecule has 0 bridgehead atoms. The summed E-state index contributed by atoms with van der Waals surface area (Å²) in [7, 11) is 0. The van der Waals surface area contributed by atoms with Gasteiger partial charge in [-0.05, 0) is 44.9 Å². The van der Waals surface area contributed by atoms with Gasteiger partial charge < -0.3 is 5.11 Å². The summed E-state index contributed by atoms with van der Waals surface area (Å²) in [4.78, 5) is 14.5. The predicted octanol–water partition coefficient (Wildman–Crippen LogP) is 0.986. The lowest BCUT2D eigenvalue weighted by Gasteiger charge is -2.22. The second-order valence-electron chi connectivity index (χ2n) is 6.02. The highest BCUT2D eigenvalue weighted by Gasteiger charge is 2.25. The molecule has 1 fully saturated rings. The molecule has 1 saturated heterocycles. The minimum Gasteiger partial charge on any atom is -0.390 e. The zero-order valence-electron chi connectivity index (χ0n) is 12.2. The summed E-state index contributed by atoms with van der Waals surface area (Å²) < 4.78 is 1.41. The van der Waals surface area contributed by atoms with Gasteiger partial charge in [0.25, 0.3) is 5.56 Å². The van der Waals surface area contributed by atoms with Crippen LogP contribution in [-0.2, 0) is 6.67 Å². The van der Waals surface area contributed by atoms with Gasteiger partial charge in [0.2, 0.25) is 0 Å². The van der Waals surface area contributed by atoms with Crippen LogP contribution in [0, 0.1) is 0 Å². The van der Waals surface area contributed by atoms with Gasteiger partial charge in [-0.15, -0.1) is 5.10 Å². The zero-order chi connectivity index (χ0) is 14.9. The monoisotopic (exact) mass is 288 g/mol.